The highest BCUT2D eigenvalue weighted by Crippen LogP contribution is 2.15. The van der Waals surface area contributed by atoms with Crippen LogP contribution in [0.5, 0.6) is 0 Å². The van der Waals surface area contributed by atoms with Crippen molar-refractivity contribution in [3.63, 3.8) is 0 Å². The van der Waals surface area contributed by atoms with E-state index >= 15 is 0 Å². The van der Waals surface area contributed by atoms with Gasteiger partial charge in [0.05, 0.1) is 0 Å². The minimum absolute atomic E-state index is 0.102. The maximum absolute atomic E-state index is 10.8. The predicted octanol–water partition coefficient (Wildman–Crippen LogP) is 1.88. The van der Waals surface area contributed by atoms with Crippen LogP contribution in [-0.2, 0) is 4.79 Å². The van der Waals surface area contributed by atoms with Gasteiger partial charge in [0.2, 0.25) is 5.91 Å². The summed E-state index contributed by atoms with van der Waals surface area (Å²) in [4.78, 5) is 10.8. The summed E-state index contributed by atoms with van der Waals surface area (Å²) in [5.74, 6) is 0.478. The molecule has 1 heterocycles. The fraction of sp³-hybridized carbons (Fsp3) is 0.250. The molecule has 0 aliphatic rings. The van der Waals surface area contributed by atoms with Crippen molar-refractivity contribution in [3.8, 4) is 0 Å². The van der Waals surface area contributed by atoms with Gasteiger partial charge in [0.25, 0.3) is 0 Å². The van der Waals surface area contributed by atoms with E-state index in [-0.39, 0.29) is 11.8 Å². The van der Waals surface area contributed by atoms with E-state index < -0.39 is 0 Å². The first-order valence-corrected chi connectivity index (χ1v) is 4.15. The molecule has 1 rings (SSSR count). The van der Waals surface area contributed by atoms with E-state index in [4.69, 9.17) is 16.1 Å². The lowest BCUT2D eigenvalue weighted by Crippen LogP contribution is -2.12. The standard InChI is InChI=1S/C8H9ClN2O2/c1-5(2)6-3-7(11-13-6)10-8(12)4-9/h3H,1,4H2,2H3,(H,10,11,12). The molecule has 0 aromatic carbocycles. The lowest BCUT2D eigenvalue weighted by molar-refractivity contribution is -0.114. The van der Waals surface area contributed by atoms with E-state index in [1.165, 1.54) is 0 Å². The Labute approximate surface area is 80.5 Å². The number of hydrogen-bond donors (Lipinski definition) is 1. The molecule has 0 unspecified atom stereocenters. The van der Waals surface area contributed by atoms with Crippen LogP contribution < -0.4 is 5.32 Å². The molecular formula is C8H9ClN2O2. The monoisotopic (exact) mass is 200 g/mol. The van der Waals surface area contributed by atoms with Crippen LogP contribution in [0, 0.1) is 0 Å². The Hall–Kier alpha value is -1.29. The van der Waals surface area contributed by atoms with Crippen LogP contribution >= 0.6 is 11.6 Å². The van der Waals surface area contributed by atoms with Crippen LogP contribution in [0.1, 0.15) is 12.7 Å². The third kappa shape index (κ3) is 2.59. The zero-order chi connectivity index (χ0) is 9.84. The number of nitrogens with zero attached hydrogens (tertiary/aromatic N) is 1. The number of anilines is 1. The average Bonchev–Trinajstić information content (AvgIpc) is 2.52. The molecule has 0 radical (unpaired) electrons. The third-order valence-corrected chi connectivity index (χ3v) is 1.56. The Morgan fingerprint density at radius 1 is 1.85 bits per heavy atom. The summed E-state index contributed by atoms with van der Waals surface area (Å²) in [7, 11) is 0. The molecule has 1 amide bonds. The molecule has 0 fully saturated rings. The van der Waals surface area contributed by atoms with Crippen LogP contribution in [0.25, 0.3) is 5.57 Å². The number of rotatable bonds is 3. The van der Waals surface area contributed by atoms with Crippen molar-refractivity contribution >= 4 is 28.9 Å². The number of halogens is 1. The van der Waals surface area contributed by atoms with Gasteiger partial charge in [-0.25, -0.2) is 0 Å². The van der Waals surface area contributed by atoms with Crippen molar-refractivity contribution in [3.05, 3.63) is 18.4 Å². The molecule has 4 nitrogen and oxygen atoms in total. The molecule has 0 bridgehead atoms. The van der Waals surface area contributed by atoms with Crippen LogP contribution in [0.3, 0.4) is 0 Å². The molecule has 0 aliphatic heterocycles. The second kappa shape index (κ2) is 4.09. The van der Waals surface area contributed by atoms with E-state index in [0.717, 1.165) is 5.57 Å². The van der Waals surface area contributed by atoms with Crippen molar-refractivity contribution in [1.82, 2.24) is 5.16 Å². The zero-order valence-electron chi connectivity index (χ0n) is 7.13. The van der Waals surface area contributed by atoms with E-state index in [0.29, 0.717) is 11.6 Å². The Balaban J connectivity index is 2.69. The Morgan fingerprint density at radius 3 is 3.00 bits per heavy atom. The number of aromatic nitrogens is 1. The first-order valence-electron chi connectivity index (χ1n) is 3.62. The molecular weight excluding hydrogens is 192 g/mol. The topological polar surface area (TPSA) is 55.1 Å². The highest BCUT2D eigenvalue weighted by Gasteiger charge is 2.06. The van der Waals surface area contributed by atoms with Crippen LogP contribution in [0.2, 0.25) is 0 Å². The molecule has 13 heavy (non-hydrogen) atoms. The Bertz CT molecular complexity index is 333. The van der Waals surface area contributed by atoms with Crippen LogP contribution in [0.4, 0.5) is 5.82 Å². The van der Waals surface area contributed by atoms with Gasteiger partial charge in [-0.3, -0.25) is 4.79 Å². The average molecular weight is 201 g/mol. The SMILES string of the molecule is C=C(C)c1cc(NC(=O)CCl)no1. The number of carbonyl (C=O) groups excluding carboxylic acids is 1. The van der Waals surface area contributed by atoms with Crippen molar-refractivity contribution in [2.24, 2.45) is 0 Å². The molecule has 1 aromatic heterocycles. The number of alkyl halides is 1. The zero-order valence-corrected chi connectivity index (χ0v) is 7.89. The maximum atomic E-state index is 10.8. The highest BCUT2D eigenvalue weighted by molar-refractivity contribution is 6.28. The van der Waals surface area contributed by atoms with Gasteiger partial charge >= 0.3 is 0 Å². The summed E-state index contributed by atoms with van der Waals surface area (Å²) < 4.78 is 4.86. The molecule has 0 spiro atoms. The molecule has 0 saturated carbocycles. The van der Waals surface area contributed by atoms with Gasteiger partial charge in [0.1, 0.15) is 5.88 Å². The number of hydrogen-bond acceptors (Lipinski definition) is 3. The number of carbonyl (C=O) groups is 1. The molecule has 70 valence electrons. The molecule has 1 aromatic rings. The molecule has 0 saturated heterocycles. The normalized spacial score (nSPS) is 9.69. The summed E-state index contributed by atoms with van der Waals surface area (Å²) >= 11 is 5.28. The summed E-state index contributed by atoms with van der Waals surface area (Å²) in [6.45, 7) is 5.45. The van der Waals surface area contributed by atoms with Gasteiger partial charge < -0.3 is 9.84 Å². The van der Waals surface area contributed by atoms with E-state index in [9.17, 15) is 4.79 Å². The largest absolute Gasteiger partial charge is 0.354 e. The summed E-state index contributed by atoms with van der Waals surface area (Å²) in [6.07, 6.45) is 0. The smallest absolute Gasteiger partial charge is 0.240 e. The summed E-state index contributed by atoms with van der Waals surface area (Å²) in [5.41, 5.74) is 0.749. The van der Waals surface area contributed by atoms with Gasteiger partial charge in [0, 0.05) is 6.07 Å². The Kier molecular flexibility index (Phi) is 3.08. The van der Waals surface area contributed by atoms with Crippen LogP contribution in [0.15, 0.2) is 17.2 Å². The summed E-state index contributed by atoms with van der Waals surface area (Å²) in [6, 6.07) is 1.59. The second-order valence-corrected chi connectivity index (χ2v) is 2.81. The minimum atomic E-state index is -0.316. The fourth-order valence-electron chi connectivity index (χ4n) is 0.712. The van der Waals surface area contributed by atoms with Gasteiger partial charge in [0.15, 0.2) is 11.6 Å². The fourth-order valence-corrected chi connectivity index (χ4v) is 0.778. The van der Waals surface area contributed by atoms with E-state index in [2.05, 4.69) is 17.1 Å². The predicted molar refractivity (Wildman–Crippen MR) is 50.6 cm³/mol. The quantitative estimate of drug-likeness (QED) is 0.758. The number of allylic oxidation sites excluding steroid dienone is 1. The van der Waals surface area contributed by atoms with Gasteiger partial charge in [-0.2, -0.15) is 0 Å². The first kappa shape index (κ1) is 9.80. The molecule has 5 heteroatoms. The van der Waals surface area contributed by atoms with Gasteiger partial charge in [-0.05, 0) is 12.5 Å². The van der Waals surface area contributed by atoms with Crippen molar-refractivity contribution < 1.29 is 9.32 Å². The number of nitrogens with one attached hydrogen (secondary N) is 1. The maximum Gasteiger partial charge on any atom is 0.240 e. The Morgan fingerprint density at radius 2 is 2.54 bits per heavy atom. The van der Waals surface area contributed by atoms with E-state index in [1.807, 2.05) is 0 Å². The molecule has 0 atom stereocenters. The minimum Gasteiger partial charge on any atom is -0.354 e. The van der Waals surface area contributed by atoms with Crippen molar-refractivity contribution in [1.29, 1.82) is 0 Å². The summed E-state index contributed by atoms with van der Waals surface area (Å²) in [5, 5.41) is 6.05. The molecule has 1 N–H and O–H groups in total. The third-order valence-electron chi connectivity index (χ3n) is 1.32. The van der Waals surface area contributed by atoms with Gasteiger partial charge in [-0.15, -0.1) is 11.6 Å². The van der Waals surface area contributed by atoms with Crippen molar-refractivity contribution in [2.45, 2.75) is 6.92 Å². The first-order chi connectivity index (χ1) is 6.13. The van der Waals surface area contributed by atoms with E-state index in [1.54, 1.807) is 13.0 Å². The highest BCUT2D eigenvalue weighted by atomic mass is 35.5. The number of amides is 1. The van der Waals surface area contributed by atoms with Crippen LogP contribution in [-0.4, -0.2) is 16.9 Å². The lowest BCUT2D eigenvalue weighted by atomic mass is 10.3. The van der Waals surface area contributed by atoms with Gasteiger partial charge in [-0.1, -0.05) is 11.7 Å². The second-order valence-electron chi connectivity index (χ2n) is 2.54. The molecule has 0 aliphatic carbocycles. The lowest BCUT2D eigenvalue weighted by Gasteiger charge is -1.93. The van der Waals surface area contributed by atoms with Crippen molar-refractivity contribution in [2.75, 3.05) is 11.2 Å².